The number of anilines is 1. The molecule has 0 radical (unpaired) electrons. The number of aromatic nitrogens is 2. The van der Waals surface area contributed by atoms with Gasteiger partial charge in [-0.15, -0.1) is 0 Å². The molecule has 0 spiro atoms. The van der Waals surface area contributed by atoms with Crippen LogP contribution in [0.3, 0.4) is 0 Å². The predicted octanol–water partition coefficient (Wildman–Crippen LogP) is 2.09. The first-order valence-electron chi connectivity index (χ1n) is 7.79. The summed E-state index contributed by atoms with van der Waals surface area (Å²) in [5.41, 5.74) is 0. The molecule has 1 aromatic heterocycles. The molecule has 2 aliphatic rings. The number of carbonyl (C=O) groups excluding carboxylic acids is 1. The summed E-state index contributed by atoms with van der Waals surface area (Å²) < 4.78 is 5.98. The Kier molecular flexibility index (Phi) is 4.81. The van der Waals surface area contributed by atoms with Crippen molar-refractivity contribution in [1.29, 1.82) is 0 Å². The second kappa shape index (κ2) is 6.81. The number of ether oxygens (including phenoxy) is 1. The van der Waals surface area contributed by atoms with Gasteiger partial charge in [0.2, 0.25) is 17.7 Å². The number of amides is 1. The molecule has 7 heteroatoms. The first kappa shape index (κ1) is 15.5. The largest absolute Gasteiger partial charge is 0.480 e. The number of methoxy groups -OCH3 is 1. The second-order valence-corrected chi connectivity index (χ2v) is 6.68. The molecule has 2 fully saturated rings. The summed E-state index contributed by atoms with van der Waals surface area (Å²) in [6.45, 7) is 3.21. The van der Waals surface area contributed by atoms with Gasteiger partial charge in [-0.05, 0) is 35.2 Å². The van der Waals surface area contributed by atoms with Crippen molar-refractivity contribution in [1.82, 2.24) is 14.9 Å². The van der Waals surface area contributed by atoms with E-state index in [0.29, 0.717) is 17.7 Å². The van der Waals surface area contributed by atoms with Crippen molar-refractivity contribution in [2.24, 2.45) is 5.92 Å². The van der Waals surface area contributed by atoms with E-state index in [0.717, 1.165) is 49.9 Å². The normalized spacial score (nSPS) is 19.5. The first-order chi connectivity index (χ1) is 10.7. The van der Waals surface area contributed by atoms with Crippen LogP contribution in [-0.4, -0.2) is 54.1 Å². The van der Waals surface area contributed by atoms with E-state index in [4.69, 9.17) is 4.74 Å². The SMILES string of the molecule is COc1nc(N2CCCN(C(=O)C3CCC3)CC2)ncc1Br. The Morgan fingerprint density at radius 2 is 2.09 bits per heavy atom. The van der Waals surface area contributed by atoms with Gasteiger partial charge in [0.1, 0.15) is 0 Å². The number of halogens is 1. The highest BCUT2D eigenvalue weighted by Gasteiger charge is 2.30. The third kappa shape index (κ3) is 3.19. The van der Waals surface area contributed by atoms with E-state index in [1.165, 1.54) is 6.42 Å². The highest BCUT2D eigenvalue weighted by atomic mass is 79.9. The molecule has 1 aliphatic carbocycles. The zero-order valence-electron chi connectivity index (χ0n) is 12.8. The maximum atomic E-state index is 12.4. The molecule has 2 heterocycles. The van der Waals surface area contributed by atoms with Crippen molar-refractivity contribution in [2.45, 2.75) is 25.7 Å². The fourth-order valence-electron chi connectivity index (χ4n) is 2.89. The molecule has 0 atom stereocenters. The van der Waals surface area contributed by atoms with Gasteiger partial charge in [0.05, 0.1) is 17.8 Å². The van der Waals surface area contributed by atoms with Crippen molar-refractivity contribution >= 4 is 27.8 Å². The molecular weight excluding hydrogens is 348 g/mol. The molecule has 1 saturated heterocycles. The number of hydrogen-bond donors (Lipinski definition) is 0. The predicted molar refractivity (Wildman–Crippen MR) is 87.0 cm³/mol. The quantitative estimate of drug-likeness (QED) is 0.817. The third-order valence-electron chi connectivity index (χ3n) is 4.44. The van der Waals surface area contributed by atoms with Crippen LogP contribution in [0.4, 0.5) is 5.95 Å². The Hall–Kier alpha value is -1.37. The molecule has 1 saturated carbocycles. The summed E-state index contributed by atoms with van der Waals surface area (Å²) in [4.78, 5) is 25.3. The molecule has 1 aliphatic heterocycles. The van der Waals surface area contributed by atoms with Crippen molar-refractivity contribution in [2.75, 3.05) is 38.2 Å². The van der Waals surface area contributed by atoms with Crippen LogP contribution in [0.5, 0.6) is 5.88 Å². The van der Waals surface area contributed by atoms with Gasteiger partial charge in [0.15, 0.2) is 0 Å². The average Bonchev–Trinajstić information content (AvgIpc) is 2.72. The smallest absolute Gasteiger partial charge is 0.232 e. The van der Waals surface area contributed by atoms with Crippen LogP contribution in [0.25, 0.3) is 0 Å². The van der Waals surface area contributed by atoms with Crippen LogP contribution in [0.2, 0.25) is 0 Å². The van der Waals surface area contributed by atoms with E-state index in [9.17, 15) is 4.79 Å². The van der Waals surface area contributed by atoms with Gasteiger partial charge in [-0.25, -0.2) is 4.98 Å². The Bertz CT molecular complexity index is 550. The molecule has 0 N–H and O–H groups in total. The fraction of sp³-hybridized carbons (Fsp3) is 0.667. The Morgan fingerprint density at radius 1 is 1.27 bits per heavy atom. The van der Waals surface area contributed by atoms with Crippen LogP contribution in [0.15, 0.2) is 10.7 Å². The van der Waals surface area contributed by atoms with Gasteiger partial charge in [-0.1, -0.05) is 6.42 Å². The fourth-order valence-corrected chi connectivity index (χ4v) is 3.24. The standard InChI is InChI=1S/C15H21BrN4O2/c1-22-13-12(16)10-17-15(18-13)20-7-3-6-19(8-9-20)14(21)11-4-2-5-11/h10-11H,2-9H2,1H3. The monoisotopic (exact) mass is 368 g/mol. The Balaban J connectivity index is 1.65. The van der Waals surface area contributed by atoms with Gasteiger partial charge in [-0.3, -0.25) is 4.79 Å². The minimum atomic E-state index is 0.274. The van der Waals surface area contributed by atoms with Gasteiger partial charge < -0.3 is 14.5 Å². The summed E-state index contributed by atoms with van der Waals surface area (Å²) in [5.74, 6) is 1.81. The topological polar surface area (TPSA) is 58.6 Å². The zero-order valence-corrected chi connectivity index (χ0v) is 14.4. The van der Waals surface area contributed by atoms with Crippen molar-refractivity contribution < 1.29 is 9.53 Å². The zero-order chi connectivity index (χ0) is 15.5. The van der Waals surface area contributed by atoms with Gasteiger partial charge >= 0.3 is 0 Å². The molecule has 120 valence electrons. The van der Waals surface area contributed by atoms with Crippen LogP contribution in [0.1, 0.15) is 25.7 Å². The van der Waals surface area contributed by atoms with Gasteiger partial charge in [0, 0.05) is 32.1 Å². The molecule has 0 bridgehead atoms. The lowest BCUT2D eigenvalue weighted by Gasteiger charge is -2.31. The minimum Gasteiger partial charge on any atom is -0.480 e. The molecule has 0 unspecified atom stereocenters. The number of carbonyl (C=O) groups is 1. The lowest BCUT2D eigenvalue weighted by Crippen LogP contribution is -2.41. The number of hydrogen-bond acceptors (Lipinski definition) is 5. The highest BCUT2D eigenvalue weighted by molar-refractivity contribution is 9.10. The Labute approximate surface area is 139 Å². The van der Waals surface area contributed by atoms with E-state index in [1.807, 2.05) is 4.90 Å². The van der Waals surface area contributed by atoms with E-state index in [-0.39, 0.29) is 5.92 Å². The van der Waals surface area contributed by atoms with Gasteiger partial charge in [-0.2, -0.15) is 4.98 Å². The third-order valence-corrected chi connectivity index (χ3v) is 4.98. The molecule has 0 aromatic carbocycles. The maximum absolute atomic E-state index is 12.4. The van der Waals surface area contributed by atoms with Gasteiger partial charge in [0.25, 0.3) is 0 Å². The van der Waals surface area contributed by atoms with E-state index in [1.54, 1.807) is 13.3 Å². The average molecular weight is 369 g/mol. The van der Waals surface area contributed by atoms with E-state index < -0.39 is 0 Å². The van der Waals surface area contributed by atoms with Crippen LogP contribution < -0.4 is 9.64 Å². The van der Waals surface area contributed by atoms with Crippen molar-refractivity contribution in [3.63, 3.8) is 0 Å². The summed E-state index contributed by atoms with van der Waals surface area (Å²) >= 11 is 3.37. The number of rotatable bonds is 3. The minimum absolute atomic E-state index is 0.274. The van der Waals surface area contributed by atoms with E-state index >= 15 is 0 Å². The van der Waals surface area contributed by atoms with Crippen molar-refractivity contribution in [3.8, 4) is 5.88 Å². The van der Waals surface area contributed by atoms with E-state index in [2.05, 4.69) is 30.8 Å². The lowest BCUT2D eigenvalue weighted by atomic mass is 9.84. The van der Waals surface area contributed by atoms with Crippen molar-refractivity contribution in [3.05, 3.63) is 10.7 Å². The molecule has 1 aromatic rings. The summed E-state index contributed by atoms with van der Waals surface area (Å²) in [6, 6.07) is 0. The maximum Gasteiger partial charge on any atom is 0.232 e. The second-order valence-electron chi connectivity index (χ2n) is 5.82. The number of nitrogens with zero attached hydrogens (tertiary/aromatic N) is 4. The summed E-state index contributed by atoms with van der Waals surface area (Å²) in [5, 5.41) is 0. The molecule has 1 amide bonds. The molecule has 3 rings (SSSR count). The molecular formula is C15H21BrN4O2. The highest BCUT2D eigenvalue weighted by Crippen LogP contribution is 2.29. The van der Waals surface area contributed by atoms with Crippen LogP contribution in [0, 0.1) is 5.92 Å². The summed E-state index contributed by atoms with van der Waals surface area (Å²) in [6.07, 6.45) is 5.98. The Morgan fingerprint density at radius 3 is 2.77 bits per heavy atom. The first-order valence-corrected chi connectivity index (χ1v) is 8.58. The van der Waals surface area contributed by atoms with Crippen LogP contribution >= 0.6 is 15.9 Å². The van der Waals surface area contributed by atoms with Crippen LogP contribution in [-0.2, 0) is 4.79 Å². The molecule has 22 heavy (non-hydrogen) atoms. The summed E-state index contributed by atoms with van der Waals surface area (Å²) in [7, 11) is 1.60. The molecule has 6 nitrogen and oxygen atoms in total. The lowest BCUT2D eigenvalue weighted by molar-refractivity contribution is -0.137.